The minimum atomic E-state index is -3.70. The SMILES string of the molecule is CC1(C)OC[C@@H](COc2ccc(B3OC(C)(C)C(C)(C)O3)cc2)O1.Cc1ccc(CC(=O)C2(c3ccc4c(c3)OC(F)(F)O4)CC2)nc1-c1ccc(OC[C@@H](O)CO)cc1.Cc1ccc(CC(=O)C2(c3ccc4c(c3)OC(F)(F)O4)CC2)nc1-c1ccc(OC[C@@H]2COC(C)(C)O2)cc1.Cc1ccc(CC(=O)C2(c3ccc4c(c3)OC(F)(F)O4)CC2)nc1Cl.[3H]SO. The Morgan fingerprint density at radius 1 is 0.476 bits per heavy atom. The molecule has 0 bridgehead atoms. The van der Waals surface area contributed by atoms with Crippen molar-refractivity contribution in [3.05, 3.63) is 219 Å². The molecule has 0 radical (unpaired) electrons. The summed E-state index contributed by atoms with van der Waals surface area (Å²) in [4.78, 5) is 53.3. The second-order valence-electron chi connectivity index (χ2n) is 34.3. The molecule has 668 valence electrons. The number of fused-ring (bicyclic) bond motifs is 3. The van der Waals surface area contributed by atoms with Gasteiger partial charge in [-0.2, -0.15) is 0 Å². The van der Waals surface area contributed by atoms with Gasteiger partial charge in [0.15, 0.2) is 46.1 Å². The van der Waals surface area contributed by atoms with Gasteiger partial charge in [-0.25, -0.2) is 4.98 Å². The lowest BCUT2D eigenvalue weighted by molar-refractivity contribution is -0.287. The van der Waals surface area contributed by atoms with Crippen molar-refractivity contribution < 1.29 is 126 Å². The Morgan fingerprint density at radius 3 is 1.13 bits per heavy atom. The highest BCUT2D eigenvalue weighted by atomic mass is 35.5. The molecule has 0 amide bonds. The van der Waals surface area contributed by atoms with E-state index in [1.165, 1.54) is 36.4 Å². The molecule has 0 unspecified atom stereocenters. The van der Waals surface area contributed by atoms with Crippen LogP contribution in [-0.4, -0.2) is 155 Å². The first-order valence-corrected chi connectivity index (χ1v) is 41.8. The van der Waals surface area contributed by atoms with Crippen LogP contribution < -0.4 is 48.1 Å². The van der Waals surface area contributed by atoms with Gasteiger partial charge >= 0.3 is 26.0 Å². The maximum Gasteiger partial charge on any atom is 0.586 e. The number of rotatable bonds is 25. The van der Waals surface area contributed by atoms with Crippen LogP contribution in [-0.2, 0) is 78.1 Å². The Morgan fingerprint density at radius 2 is 0.802 bits per heavy atom. The number of aliphatic hydroxyl groups is 2. The van der Waals surface area contributed by atoms with E-state index in [4.69, 9.17) is 74.8 Å². The molecular weight excluding hydrogens is 1690 g/mol. The Kier molecular flexibility index (Phi) is 26.1. The lowest BCUT2D eigenvalue weighted by Crippen LogP contribution is -2.41. The van der Waals surface area contributed by atoms with Crippen LogP contribution in [0.4, 0.5) is 26.3 Å². The van der Waals surface area contributed by atoms with Gasteiger partial charge < -0.3 is 85.7 Å². The molecule has 24 nitrogen and oxygen atoms in total. The number of nitrogens with zero attached hydrogens (tertiary/aromatic N) is 3. The minimum absolute atomic E-state index is 0.000000000000000222. The van der Waals surface area contributed by atoms with E-state index in [0.717, 1.165) is 50.4 Å². The van der Waals surface area contributed by atoms with E-state index >= 15 is 0 Å². The van der Waals surface area contributed by atoms with Gasteiger partial charge in [0, 0.05) is 47.5 Å². The first-order chi connectivity index (χ1) is 60.0. The predicted molar refractivity (Wildman–Crippen MR) is 453 cm³/mol. The molecule has 9 aromatic rings. The topological polar surface area (TPSA) is 289 Å². The number of hydrogen-bond acceptors (Lipinski definition) is 25. The summed E-state index contributed by atoms with van der Waals surface area (Å²) in [6.45, 7) is 23.0. The molecule has 3 aromatic heterocycles. The molecule has 126 heavy (non-hydrogen) atoms. The zero-order valence-electron chi connectivity index (χ0n) is 72.1. The lowest BCUT2D eigenvalue weighted by atomic mass is 9.79. The molecule has 3 atom stereocenters. The molecule has 6 fully saturated rings. The number of hydrogen-bond donors (Lipinski definition) is 4. The molecule has 3 N–H and O–H groups in total. The number of thiol groups is 1. The number of carbonyl (C=O) groups is 3. The normalized spacial score (nSPS) is 20.8. The number of aromatic nitrogens is 3. The van der Waals surface area contributed by atoms with E-state index in [9.17, 15) is 45.8 Å². The fourth-order valence-corrected chi connectivity index (χ4v) is 15.5. The second kappa shape index (κ2) is 36.2. The molecule has 6 aliphatic heterocycles. The number of pyridine rings is 3. The number of halogens is 7. The van der Waals surface area contributed by atoms with Gasteiger partial charge in [-0.1, -0.05) is 60.1 Å². The van der Waals surface area contributed by atoms with Crippen LogP contribution in [0.15, 0.2) is 164 Å². The van der Waals surface area contributed by atoms with Crippen molar-refractivity contribution in [2.24, 2.45) is 0 Å². The number of ketones is 3. The van der Waals surface area contributed by atoms with Crippen molar-refractivity contribution in [1.82, 2.24) is 15.0 Å². The van der Waals surface area contributed by atoms with E-state index in [2.05, 4.69) is 61.1 Å². The summed E-state index contributed by atoms with van der Waals surface area (Å²) < 4.78 is 172. The second-order valence-corrected chi connectivity index (χ2v) is 34.6. The summed E-state index contributed by atoms with van der Waals surface area (Å²) in [6, 6.07) is 47.4. The highest BCUT2D eigenvalue weighted by Crippen LogP contribution is 2.56. The number of benzene rings is 6. The first kappa shape index (κ1) is 90.7. The fraction of sp³-hybridized carbons (Fsp3) is 0.419. The maximum atomic E-state index is 13.5. The Labute approximate surface area is 736 Å². The zero-order valence-corrected chi connectivity index (χ0v) is 72.7. The van der Waals surface area contributed by atoms with Gasteiger partial charge in [0.25, 0.3) is 0 Å². The minimum Gasteiger partial charge on any atom is -0.491 e. The lowest BCUT2D eigenvalue weighted by Gasteiger charge is -2.32. The Hall–Kier alpha value is -10.1. The third kappa shape index (κ3) is 21.3. The zero-order chi connectivity index (χ0) is 91.0. The molecular formula is C93H97BClF6N3O21S. The first-order valence-electron chi connectivity index (χ1n) is 41.5. The molecule has 9 heterocycles. The van der Waals surface area contributed by atoms with Gasteiger partial charge in [0.2, 0.25) is 0 Å². The fourth-order valence-electron chi connectivity index (χ4n) is 15.3. The van der Waals surface area contributed by atoms with Crippen LogP contribution in [0, 0.1) is 20.8 Å². The maximum absolute atomic E-state index is 13.5. The van der Waals surface area contributed by atoms with Crippen molar-refractivity contribution in [1.29, 1.82) is 1.12 Å². The smallest absolute Gasteiger partial charge is 0.491 e. The number of aliphatic hydroxyl groups excluding tert-OH is 2. The quantitative estimate of drug-likeness (QED) is 0.0136. The summed E-state index contributed by atoms with van der Waals surface area (Å²) in [6.07, 6.45) is -7.87. The number of ether oxygens (including phenoxy) is 13. The number of aryl methyl sites for hydroxylation is 3. The van der Waals surface area contributed by atoms with Crippen molar-refractivity contribution in [3.8, 4) is 74.3 Å². The molecule has 3 saturated carbocycles. The average Bonchev–Trinajstić information content (AvgIpc) is 1.60. The number of carbonyl (C=O) groups excluding carboxylic acids is 3. The standard InChI is InChI=1S/C30H29F2NO6.C27H25F2NO6.C18H27BO5.C18H14ClF2NO3.H2OS/c1-18-4-8-21(15-26(34)29(12-13-29)20-7-11-24-25(14-20)39-30(31,32)38-24)33-27(18)19-5-9-22(10-6-19)35-16-23-17-36-28(2,3)37-23;1-16-2-6-19(30-25(16)17-3-7-21(8-4-17)34-15-20(32)14-31)13-24(33)26(10-11-26)18-5-9-22-23(12-18)36-27(28,29)35-22;1-16(2)17(3,4)24-19(23-16)13-7-9-14(10-8-13)20-11-15-12-21-18(5,6)22-15;1-10-2-4-12(22-16(10)19)9-15(23)17(6-7-17)11-3-5-13-14(8-11)25-18(20,21)24-13;1-2/h4-11,14,23H,12-13,15-17H2,1-3H3;2-9,12,20,31-32H,10-11,13-15H2,1H3;7-10,15H,11-12H2,1-6H3;2-5,8H,6-7,9H2,1H3;1-2H/t23-;20-;15-;;/m101../s1/i/hT. The number of Topliss-reactive ketones (excluding diaryl/α,β-unsaturated/α-hetero) is 3. The van der Waals surface area contributed by atoms with Gasteiger partial charge in [0.1, 0.15) is 79.0 Å². The molecule has 0 spiro atoms. The van der Waals surface area contributed by atoms with Crippen molar-refractivity contribution in [3.63, 3.8) is 0 Å². The summed E-state index contributed by atoms with van der Waals surface area (Å²) in [5, 5.41) is 18.7. The molecule has 3 saturated heterocycles. The van der Waals surface area contributed by atoms with E-state index in [-0.39, 0.29) is 128 Å². The average molecular weight is 1790 g/mol. The van der Waals surface area contributed by atoms with Gasteiger partial charge in [-0.15, -0.1) is 26.3 Å². The highest BCUT2D eigenvalue weighted by molar-refractivity contribution is 7.74. The summed E-state index contributed by atoms with van der Waals surface area (Å²) in [7, 11) is -0.351. The van der Waals surface area contributed by atoms with E-state index in [1.807, 2.05) is 139 Å². The van der Waals surface area contributed by atoms with Crippen LogP contribution in [0.25, 0.3) is 22.5 Å². The molecule has 9 aliphatic rings. The van der Waals surface area contributed by atoms with Gasteiger partial charge in [0.05, 0.1) is 58.7 Å². The molecule has 6 aromatic carbocycles. The predicted octanol–water partition coefficient (Wildman–Crippen LogP) is 16.8. The van der Waals surface area contributed by atoms with Crippen LogP contribution in [0.3, 0.4) is 0 Å². The van der Waals surface area contributed by atoms with E-state index in [0.29, 0.717) is 115 Å². The summed E-state index contributed by atoms with van der Waals surface area (Å²) in [5.41, 5.74) is 8.07. The molecule has 33 heteroatoms. The van der Waals surface area contributed by atoms with E-state index in [1.54, 1.807) is 36.4 Å². The Balaban J connectivity index is 0.000000138. The van der Waals surface area contributed by atoms with Crippen molar-refractivity contribution >= 4 is 54.3 Å². The van der Waals surface area contributed by atoms with Gasteiger partial charge in [-0.05, 0) is 282 Å². The highest BCUT2D eigenvalue weighted by Gasteiger charge is 2.56. The van der Waals surface area contributed by atoms with Crippen LogP contribution in [0.2, 0.25) is 5.15 Å². The largest absolute Gasteiger partial charge is 0.586 e. The summed E-state index contributed by atoms with van der Waals surface area (Å²) in [5.74, 6) is 0.664. The molecule has 3 aliphatic carbocycles. The van der Waals surface area contributed by atoms with Crippen LogP contribution >= 0.6 is 24.4 Å². The van der Waals surface area contributed by atoms with Crippen LogP contribution in [0.5, 0.6) is 51.7 Å². The third-order valence-electron chi connectivity index (χ3n) is 23.5. The van der Waals surface area contributed by atoms with Crippen molar-refractivity contribution in [2.45, 2.75) is 210 Å². The number of alkyl halides is 6. The Bertz CT molecular complexity index is 5500. The molecule has 18 rings (SSSR count). The third-order valence-corrected chi connectivity index (χ3v) is 23.8. The summed E-state index contributed by atoms with van der Waals surface area (Å²) >= 11 is 6.01. The van der Waals surface area contributed by atoms with Crippen molar-refractivity contribution in [2.75, 3.05) is 39.6 Å². The van der Waals surface area contributed by atoms with E-state index < -0.39 is 52.8 Å². The monoisotopic (exact) mass is 1790 g/mol. The van der Waals surface area contributed by atoms with Crippen LogP contribution in [0.1, 0.15) is 144 Å². The van der Waals surface area contributed by atoms with Gasteiger partial charge in [-0.3, -0.25) is 24.4 Å².